The van der Waals surface area contributed by atoms with Crippen LogP contribution in [0.4, 0.5) is 10.6 Å². The molecule has 0 spiro atoms. The van der Waals surface area contributed by atoms with Crippen molar-refractivity contribution in [3.63, 3.8) is 0 Å². The molecule has 3 heterocycles. The Hall–Kier alpha value is -3.04. The van der Waals surface area contributed by atoms with E-state index in [0.717, 1.165) is 10.6 Å². The summed E-state index contributed by atoms with van der Waals surface area (Å²) in [6.45, 7) is 9.33. The fourth-order valence-electron chi connectivity index (χ4n) is 4.28. The van der Waals surface area contributed by atoms with E-state index in [1.165, 1.54) is 16.0 Å². The third kappa shape index (κ3) is 6.27. The second kappa shape index (κ2) is 10.8. The summed E-state index contributed by atoms with van der Waals surface area (Å²) in [6.07, 6.45) is 1.10. The van der Waals surface area contributed by atoms with Gasteiger partial charge in [-0.25, -0.2) is 4.79 Å². The molecule has 37 heavy (non-hydrogen) atoms. The number of methoxy groups -OCH3 is 1. The lowest BCUT2D eigenvalue weighted by Gasteiger charge is -2.38. The summed E-state index contributed by atoms with van der Waals surface area (Å²) in [5, 5.41) is 8.16. The molecule has 4 rings (SSSR count). The molecular weight excluding hydrogens is 512 g/mol. The van der Waals surface area contributed by atoms with Crippen molar-refractivity contribution >= 4 is 40.8 Å². The number of anilines is 1. The number of halogens is 1. The Morgan fingerprint density at radius 1 is 1.16 bits per heavy atom. The number of ether oxygens (including phenoxy) is 2. The van der Waals surface area contributed by atoms with E-state index < -0.39 is 5.60 Å². The van der Waals surface area contributed by atoms with Crippen LogP contribution in [0, 0.1) is 0 Å². The molecule has 1 aliphatic rings. The van der Waals surface area contributed by atoms with Crippen LogP contribution >= 0.6 is 22.9 Å². The molecule has 8 nitrogen and oxygen atoms in total. The maximum Gasteiger partial charge on any atom is 0.410 e. The number of amides is 1. The van der Waals surface area contributed by atoms with Gasteiger partial charge in [0.1, 0.15) is 17.2 Å². The van der Waals surface area contributed by atoms with Gasteiger partial charge in [0, 0.05) is 29.4 Å². The quantitative estimate of drug-likeness (QED) is 0.398. The molecule has 2 aromatic heterocycles. The summed E-state index contributed by atoms with van der Waals surface area (Å²) in [6, 6.07) is 12.9. The van der Waals surface area contributed by atoms with E-state index in [0.29, 0.717) is 53.9 Å². The number of hydrogen-bond donors (Lipinski definition) is 1. The SMILES string of the molecule is COc1ccccc1C(=O)n1nc(C2(C)CCN(C(=O)OC(C)(C)C)CC2)cc1NCc1ccc(Cl)s1. The number of hydrogen-bond acceptors (Lipinski definition) is 7. The standard InChI is InChI=1S/C27H33ClN4O4S/c1-26(2,3)36-25(34)31-14-12-27(4,13-15-31)21-16-23(29-17-18-10-11-22(28)37-18)32(30-21)24(33)19-8-6-7-9-20(19)35-5/h6-11,16,29H,12-15,17H2,1-5H3. The molecule has 0 saturated carbocycles. The topological polar surface area (TPSA) is 85.7 Å². The van der Waals surface area contributed by atoms with Crippen LogP contribution in [0.15, 0.2) is 42.5 Å². The molecule has 198 valence electrons. The van der Waals surface area contributed by atoms with E-state index in [2.05, 4.69) is 12.2 Å². The van der Waals surface area contributed by atoms with Crippen molar-refractivity contribution in [3.05, 3.63) is 62.9 Å². The molecule has 1 aliphatic heterocycles. The molecule has 0 radical (unpaired) electrons. The first kappa shape index (κ1) is 27.0. The molecule has 0 unspecified atom stereocenters. The Balaban J connectivity index is 1.60. The zero-order valence-corrected chi connectivity index (χ0v) is 23.4. The van der Waals surface area contributed by atoms with E-state index in [9.17, 15) is 9.59 Å². The summed E-state index contributed by atoms with van der Waals surface area (Å²) in [7, 11) is 1.54. The van der Waals surface area contributed by atoms with E-state index >= 15 is 0 Å². The van der Waals surface area contributed by atoms with Gasteiger partial charge in [-0.1, -0.05) is 30.7 Å². The van der Waals surface area contributed by atoms with Crippen molar-refractivity contribution in [2.24, 2.45) is 0 Å². The lowest BCUT2D eigenvalue weighted by molar-refractivity contribution is 0.0170. The molecule has 1 amide bonds. The second-order valence-corrected chi connectivity index (χ2v) is 12.2. The second-order valence-electron chi connectivity index (χ2n) is 10.4. The molecule has 1 aromatic carbocycles. The largest absolute Gasteiger partial charge is 0.496 e. The highest BCUT2D eigenvalue weighted by molar-refractivity contribution is 7.16. The summed E-state index contributed by atoms with van der Waals surface area (Å²) < 4.78 is 13.1. The normalized spacial score (nSPS) is 15.4. The lowest BCUT2D eigenvalue weighted by Crippen LogP contribution is -2.46. The van der Waals surface area contributed by atoms with Crippen LogP contribution in [-0.4, -0.2) is 52.5 Å². The smallest absolute Gasteiger partial charge is 0.410 e. The first-order chi connectivity index (χ1) is 17.5. The number of piperidine rings is 1. The third-order valence-electron chi connectivity index (χ3n) is 6.45. The molecule has 0 bridgehead atoms. The molecule has 0 atom stereocenters. The van der Waals surface area contributed by atoms with E-state index in [-0.39, 0.29) is 17.4 Å². The van der Waals surface area contributed by atoms with Gasteiger partial charge in [0.15, 0.2) is 0 Å². The van der Waals surface area contributed by atoms with Crippen LogP contribution in [-0.2, 0) is 16.7 Å². The van der Waals surface area contributed by atoms with Crippen molar-refractivity contribution in [2.75, 3.05) is 25.5 Å². The Bertz CT molecular complexity index is 1270. The van der Waals surface area contributed by atoms with Crippen molar-refractivity contribution in [2.45, 2.75) is 58.1 Å². The van der Waals surface area contributed by atoms with Gasteiger partial charge in [0.2, 0.25) is 0 Å². The van der Waals surface area contributed by atoms with Gasteiger partial charge < -0.3 is 19.7 Å². The van der Waals surface area contributed by atoms with Gasteiger partial charge in [-0.3, -0.25) is 4.79 Å². The lowest BCUT2D eigenvalue weighted by atomic mass is 9.77. The first-order valence-electron chi connectivity index (χ1n) is 12.2. The molecule has 1 saturated heterocycles. The van der Waals surface area contributed by atoms with Crippen LogP contribution < -0.4 is 10.1 Å². The number of nitrogens with zero attached hydrogens (tertiary/aromatic N) is 3. The Labute approximate surface area is 226 Å². The van der Waals surface area contributed by atoms with Crippen molar-refractivity contribution in [3.8, 4) is 5.75 Å². The van der Waals surface area contributed by atoms with E-state index in [1.54, 1.807) is 30.2 Å². The maximum absolute atomic E-state index is 13.6. The van der Waals surface area contributed by atoms with Crippen molar-refractivity contribution < 1.29 is 19.1 Å². The summed E-state index contributed by atoms with van der Waals surface area (Å²) in [5.74, 6) is 0.786. The number of thiophene rings is 1. The van der Waals surface area contributed by atoms with Crippen LogP contribution in [0.1, 0.15) is 61.5 Å². The highest BCUT2D eigenvalue weighted by atomic mass is 35.5. The summed E-state index contributed by atoms with van der Waals surface area (Å²) in [5.41, 5.74) is 0.370. The van der Waals surface area contributed by atoms with E-state index in [1.807, 2.05) is 45.0 Å². The van der Waals surface area contributed by atoms with Crippen molar-refractivity contribution in [1.82, 2.24) is 14.7 Å². The molecule has 3 aromatic rings. The average molecular weight is 545 g/mol. The Morgan fingerprint density at radius 2 is 1.86 bits per heavy atom. The number of likely N-dealkylation sites (tertiary alicyclic amines) is 1. The fraction of sp³-hybridized carbons (Fsp3) is 0.444. The molecular formula is C27H33ClN4O4S. The molecule has 0 aliphatic carbocycles. The van der Waals surface area contributed by atoms with Gasteiger partial charge in [-0.05, 0) is 57.9 Å². The van der Waals surface area contributed by atoms with Crippen LogP contribution in [0.3, 0.4) is 0 Å². The predicted octanol–water partition coefficient (Wildman–Crippen LogP) is 6.20. The van der Waals surface area contributed by atoms with Crippen LogP contribution in [0.25, 0.3) is 0 Å². The minimum absolute atomic E-state index is 0.287. The number of benzene rings is 1. The van der Waals surface area contributed by atoms with Crippen LogP contribution in [0.2, 0.25) is 4.34 Å². The van der Waals surface area contributed by atoms with Gasteiger partial charge in [-0.2, -0.15) is 9.78 Å². The molecule has 1 N–H and O–H groups in total. The zero-order chi connectivity index (χ0) is 26.8. The Kier molecular flexibility index (Phi) is 7.85. The number of para-hydroxylation sites is 1. The monoisotopic (exact) mass is 544 g/mol. The van der Waals surface area contributed by atoms with Crippen molar-refractivity contribution in [1.29, 1.82) is 0 Å². The van der Waals surface area contributed by atoms with Crippen LogP contribution in [0.5, 0.6) is 5.75 Å². The molecule has 10 heteroatoms. The van der Waals surface area contributed by atoms with Gasteiger partial charge in [0.25, 0.3) is 5.91 Å². The van der Waals surface area contributed by atoms with Gasteiger partial charge >= 0.3 is 6.09 Å². The predicted molar refractivity (Wildman–Crippen MR) is 146 cm³/mol. The Morgan fingerprint density at radius 3 is 2.49 bits per heavy atom. The van der Waals surface area contributed by atoms with Gasteiger partial charge in [-0.15, -0.1) is 11.3 Å². The third-order valence-corrected chi connectivity index (χ3v) is 7.68. The highest BCUT2D eigenvalue weighted by Crippen LogP contribution is 2.36. The minimum Gasteiger partial charge on any atom is -0.496 e. The van der Waals surface area contributed by atoms with E-state index in [4.69, 9.17) is 26.2 Å². The zero-order valence-electron chi connectivity index (χ0n) is 21.8. The highest BCUT2D eigenvalue weighted by Gasteiger charge is 2.37. The fourth-order valence-corrected chi connectivity index (χ4v) is 5.31. The number of aromatic nitrogens is 2. The summed E-state index contributed by atoms with van der Waals surface area (Å²) in [4.78, 5) is 29.0. The summed E-state index contributed by atoms with van der Waals surface area (Å²) >= 11 is 7.58. The van der Waals surface area contributed by atoms with Gasteiger partial charge in [0.05, 0.1) is 29.2 Å². The first-order valence-corrected chi connectivity index (χ1v) is 13.4. The average Bonchev–Trinajstić information content (AvgIpc) is 3.48. The molecule has 1 fully saturated rings. The number of rotatable bonds is 6. The number of carbonyl (C=O) groups excluding carboxylic acids is 2. The number of nitrogens with one attached hydrogen (secondary N) is 1. The minimum atomic E-state index is -0.539. The maximum atomic E-state index is 13.6. The number of carbonyl (C=O) groups is 2.